The van der Waals surface area contributed by atoms with Crippen LogP contribution in [-0.4, -0.2) is 19.2 Å². The third kappa shape index (κ3) is 1.99. The van der Waals surface area contributed by atoms with Gasteiger partial charge in [-0.25, -0.2) is 0 Å². The first-order chi connectivity index (χ1) is 10.8. The summed E-state index contributed by atoms with van der Waals surface area (Å²) in [6, 6.07) is 12.6. The number of hydrogen-bond donors (Lipinski definition) is 2. The van der Waals surface area contributed by atoms with Gasteiger partial charge >= 0.3 is 0 Å². The number of fused-ring (bicyclic) bond motifs is 2. The summed E-state index contributed by atoms with van der Waals surface area (Å²) >= 11 is 0. The average molecular weight is 294 g/mol. The Morgan fingerprint density at radius 2 is 1.77 bits per heavy atom. The molecule has 0 saturated carbocycles. The quantitative estimate of drug-likeness (QED) is 0.770. The van der Waals surface area contributed by atoms with Crippen LogP contribution in [-0.2, 0) is 6.42 Å². The van der Waals surface area contributed by atoms with Gasteiger partial charge in [-0.3, -0.25) is 0 Å². The maximum atomic E-state index is 5.35. The van der Waals surface area contributed by atoms with Crippen LogP contribution in [0.4, 0.5) is 5.69 Å². The number of rotatable bonds is 3. The minimum Gasteiger partial charge on any atom is -0.497 e. The lowest BCUT2D eigenvalue weighted by molar-refractivity contribution is 0.414. The number of H-pyrrole nitrogens is 1. The number of benzene rings is 2. The molecular weight excluding hydrogens is 276 g/mol. The molecule has 2 N–H and O–H groups in total. The van der Waals surface area contributed by atoms with E-state index in [1.165, 1.54) is 22.2 Å². The Hall–Kier alpha value is -2.62. The molecule has 4 nitrogen and oxygen atoms in total. The number of ether oxygens (including phenoxy) is 2. The summed E-state index contributed by atoms with van der Waals surface area (Å²) in [6.07, 6.45) is 3.04. The Bertz CT molecular complexity index is 838. The molecule has 1 aliphatic rings. The molecule has 0 fully saturated rings. The zero-order chi connectivity index (χ0) is 15.1. The van der Waals surface area contributed by atoms with Crippen LogP contribution in [0.3, 0.4) is 0 Å². The largest absolute Gasteiger partial charge is 0.497 e. The molecule has 1 aliphatic heterocycles. The molecule has 0 aliphatic carbocycles. The van der Waals surface area contributed by atoms with Crippen LogP contribution in [0.1, 0.15) is 17.2 Å². The van der Waals surface area contributed by atoms with Gasteiger partial charge in [0, 0.05) is 28.4 Å². The number of aromatic amines is 1. The normalized spacial score (nSPS) is 16.4. The van der Waals surface area contributed by atoms with E-state index in [2.05, 4.69) is 40.8 Å². The molecule has 112 valence electrons. The zero-order valence-corrected chi connectivity index (χ0v) is 12.6. The summed E-state index contributed by atoms with van der Waals surface area (Å²) in [4.78, 5) is 3.35. The maximum Gasteiger partial charge on any atom is 0.119 e. The van der Waals surface area contributed by atoms with Crippen molar-refractivity contribution < 1.29 is 9.47 Å². The van der Waals surface area contributed by atoms with E-state index < -0.39 is 0 Å². The van der Waals surface area contributed by atoms with Gasteiger partial charge in [-0.05, 0) is 48.4 Å². The van der Waals surface area contributed by atoms with E-state index in [0.717, 1.165) is 23.4 Å². The topological polar surface area (TPSA) is 46.3 Å². The molecule has 0 radical (unpaired) electrons. The number of methoxy groups -OCH3 is 2. The molecule has 22 heavy (non-hydrogen) atoms. The summed E-state index contributed by atoms with van der Waals surface area (Å²) in [5.74, 6) is 1.78. The summed E-state index contributed by atoms with van der Waals surface area (Å²) < 4.78 is 10.7. The third-order valence-corrected chi connectivity index (χ3v) is 4.36. The summed E-state index contributed by atoms with van der Waals surface area (Å²) in [5.41, 5.74) is 4.87. The fraction of sp³-hybridized carbons (Fsp3) is 0.222. The van der Waals surface area contributed by atoms with Crippen LogP contribution in [0, 0.1) is 0 Å². The van der Waals surface area contributed by atoms with E-state index in [1.54, 1.807) is 14.2 Å². The molecule has 0 bridgehead atoms. The number of anilines is 1. The second-order valence-electron chi connectivity index (χ2n) is 5.58. The van der Waals surface area contributed by atoms with Crippen LogP contribution < -0.4 is 14.8 Å². The monoisotopic (exact) mass is 294 g/mol. The Balaban J connectivity index is 1.72. The molecule has 0 saturated heterocycles. The first-order valence-corrected chi connectivity index (χ1v) is 7.37. The lowest BCUT2D eigenvalue weighted by Crippen LogP contribution is -2.04. The van der Waals surface area contributed by atoms with Crippen LogP contribution >= 0.6 is 0 Å². The van der Waals surface area contributed by atoms with Crippen molar-refractivity contribution in [3.8, 4) is 11.5 Å². The van der Waals surface area contributed by atoms with E-state index in [0.29, 0.717) is 0 Å². The van der Waals surface area contributed by atoms with Gasteiger partial charge in [0.25, 0.3) is 0 Å². The molecule has 2 aromatic carbocycles. The van der Waals surface area contributed by atoms with Crippen molar-refractivity contribution in [1.82, 2.24) is 4.98 Å². The fourth-order valence-corrected chi connectivity index (χ4v) is 3.19. The van der Waals surface area contributed by atoms with E-state index in [4.69, 9.17) is 9.47 Å². The molecule has 2 heterocycles. The van der Waals surface area contributed by atoms with Gasteiger partial charge < -0.3 is 19.8 Å². The molecule has 0 amide bonds. The molecule has 0 unspecified atom stereocenters. The number of aromatic nitrogens is 1. The first-order valence-electron chi connectivity index (χ1n) is 7.37. The average Bonchev–Trinajstić information content (AvgIpc) is 3.16. The summed E-state index contributed by atoms with van der Waals surface area (Å²) in [5, 5.41) is 4.81. The van der Waals surface area contributed by atoms with Gasteiger partial charge in [0.1, 0.15) is 11.5 Å². The number of hydrogen-bond acceptors (Lipinski definition) is 3. The minimum absolute atomic E-state index is 0.267. The van der Waals surface area contributed by atoms with Crippen molar-refractivity contribution in [2.75, 3.05) is 19.5 Å². The van der Waals surface area contributed by atoms with E-state index in [-0.39, 0.29) is 6.04 Å². The van der Waals surface area contributed by atoms with Crippen LogP contribution in [0.15, 0.2) is 42.6 Å². The van der Waals surface area contributed by atoms with Crippen LogP contribution in [0.25, 0.3) is 10.9 Å². The standard InChI is InChI=1S/C18H18N2O2/c1-21-12-3-5-16-11(7-12)8-18(20-16)15-10-19-17-6-4-13(22-2)9-14(15)17/h3-7,9-10,18-20H,8H2,1-2H3/t18-/m0/s1. The molecular formula is C18H18N2O2. The van der Waals surface area contributed by atoms with Crippen molar-refractivity contribution in [1.29, 1.82) is 0 Å². The van der Waals surface area contributed by atoms with Gasteiger partial charge in [0.05, 0.1) is 20.3 Å². The Morgan fingerprint density at radius 3 is 2.59 bits per heavy atom. The zero-order valence-electron chi connectivity index (χ0n) is 12.6. The molecule has 0 spiro atoms. The maximum absolute atomic E-state index is 5.35. The van der Waals surface area contributed by atoms with Crippen LogP contribution in [0.2, 0.25) is 0 Å². The summed E-state index contributed by atoms with van der Waals surface area (Å²) in [7, 11) is 3.40. The number of nitrogens with one attached hydrogen (secondary N) is 2. The van der Waals surface area contributed by atoms with Crippen LogP contribution in [0.5, 0.6) is 11.5 Å². The van der Waals surface area contributed by atoms with E-state index in [1.807, 2.05) is 12.1 Å². The summed E-state index contributed by atoms with van der Waals surface area (Å²) in [6.45, 7) is 0. The van der Waals surface area contributed by atoms with Gasteiger partial charge in [-0.2, -0.15) is 0 Å². The highest BCUT2D eigenvalue weighted by Crippen LogP contribution is 2.39. The highest BCUT2D eigenvalue weighted by atomic mass is 16.5. The van der Waals surface area contributed by atoms with E-state index >= 15 is 0 Å². The second kappa shape index (κ2) is 4.98. The predicted molar refractivity (Wildman–Crippen MR) is 87.9 cm³/mol. The highest BCUT2D eigenvalue weighted by molar-refractivity contribution is 5.86. The van der Waals surface area contributed by atoms with Crippen molar-refractivity contribution >= 4 is 16.6 Å². The molecule has 3 aromatic rings. The highest BCUT2D eigenvalue weighted by Gasteiger charge is 2.24. The smallest absolute Gasteiger partial charge is 0.119 e. The van der Waals surface area contributed by atoms with Gasteiger partial charge in [0.15, 0.2) is 0 Å². The Labute approximate surface area is 129 Å². The second-order valence-corrected chi connectivity index (χ2v) is 5.58. The Morgan fingerprint density at radius 1 is 1.00 bits per heavy atom. The van der Waals surface area contributed by atoms with Crippen molar-refractivity contribution in [2.24, 2.45) is 0 Å². The lowest BCUT2D eigenvalue weighted by atomic mass is 10.0. The molecule has 1 atom stereocenters. The Kier molecular flexibility index (Phi) is 2.96. The van der Waals surface area contributed by atoms with Gasteiger partial charge in [-0.1, -0.05) is 0 Å². The van der Waals surface area contributed by atoms with Crippen molar-refractivity contribution in [3.05, 3.63) is 53.7 Å². The SMILES string of the molecule is COc1ccc2c(c1)C[C@@H](c1c[nH]c3ccc(OC)cc13)N2. The van der Waals surface area contributed by atoms with E-state index in [9.17, 15) is 0 Å². The first kappa shape index (κ1) is 13.1. The predicted octanol–water partition coefficient (Wildman–Crippen LogP) is 3.89. The van der Waals surface area contributed by atoms with Gasteiger partial charge in [-0.15, -0.1) is 0 Å². The fourth-order valence-electron chi connectivity index (χ4n) is 3.19. The molecule has 1 aromatic heterocycles. The third-order valence-electron chi connectivity index (χ3n) is 4.36. The van der Waals surface area contributed by atoms with Gasteiger partial charge in [0.2, 0.25) is 0 Å². The van der Waals surface area contributed by atoms with Crippen molar-refractivity contribution in [3.63, 3.8) is 0 Å². The molecule has 4 heteroatoms. The lowest BCUT2D eigenvalue weighted by Gasteiger charge is -2.10. The minimum atomic E-state index is 0.267. The van der Waals surface area contributed by atoms with Crippen molar-refractivity contribution in [2.45, 2.75) is 12.5 Å². The molecule has 4 rings (SSSR count).